The third kappa shape index (κ3) is 5.70. The molecule has 0 radical (unpaired) electrons. The fourth-order valence-electron chi connectivity index (χ4n) is 5.70. The number of rotatable bonds is 6. The van der Waals surface area contributed by atoms with Crippen molar-refractivity contribution < 1.29 is 0 Å². The molecular formula is C35H38N2. The molecule has 4 aromatic rings. The summed E-state index contributed by atoms with van der Waals surface area (Å²) in [5.41, 5.74) is 12.8. The lowest BCUT2D eigenvalue weighted by Crippen LogP contribution is -2.33. The molecule has 0 spiro atoms. The van der Waals surface area contributed by atoms with Gasteiger partial charge in [0.05, 0.1) is 17.4 Å². The molecule has 188 valence electrons. The van der Waals surface area contributed by atoms with Gasteiger partial charge in [-0.2, -0.15) is 0 Å². The summed E-state index contributed by atoms with van der Waals surface area (Å²) in [4.78, 5) is 0. The number of nitrogens with one attached hydrogen (secondary N) is 1. The van der Waals surface area contributed by atoms with E-state index in [1.165, 1.54) is 33.5 Å². The molecule has 1 aliphatic heterocycles. The van der Waals surface area contributed by atoms with Crippen LogP contribution in [0.2, 0.25) is 0 Å². The maximum absolute atomic E-state index is 3.75. The maximum Gasteiger partial charge on any atom is 0.0720 e. The lowest BCUT2D eigenvalue weighted by atomic mass is 9.72. The zero-order valence-corrected chi connectivity index (χ0v) is 22.7. The second-order valence-corrected chi connectivity index (χ2v) is 12.0. The Balaban J connectivity index is 1.45. The van der Waals surface area contributed by atoms with E-state index in [1.54, 1.807) is 0 Å². The number of hydrogen-bond acceptors (Lipinski definition) is 2. The molecule has 1 atom stereocenters. The molecule has 37 heavy (non-hydrogen) atoms. The summed E-state index contributed by atoms with van der Waals surface area (Å²) in [6.45, 7) is 11.7. The van der Waals surface area contributed by atoms with Crippen molar-refractivity contribution in [3.63, 3.8) is 0 Å². The van der Waals surface area contributed by atoms with Gasteiger partial charge in [0.1, 0.15) is 0 Å². The average molecular weight is 487 g/mol. The van der Waals surface area contributed by atoms with E-state index in [4.69, 9.17) is 0 Å². The summed E-state index contributed by atoms with van der Waals surface area (Å²) in [7, 11) is 0. The molecule has 0 amide bonds. The second-order valence-electron chi connectivity index (χ2n) is 12.0. The van der Waals surface area contributed by atoms with Crippen LogP contribution in [-0.2, 0) is 5.41 Å². The first-order chi connectivity index (χ1) is 17.7. The SMILES string of the molecule is CC(C)(C)CC(C)(C)c1ccc(C2=CC(c3ccc(-c4ccccc4)cc3)NN2c2ccccc2)cc1. The molecule has 0 saturated heterocycles. The van der Waals surface area contributed by atoms with Crippen molar-refractivity contribution in [2.75, 3.05) is 5.01 Å². The van der Waals surface area contributed by atoms with Crippen molar-refractivity contribution in [3.8, 4) is 11.1 Å². The summed E-state index contributed by atoms with van der Waals surface area (Å²) in [6.07, 6.45) is 3.49. The topological polar surface area (TPSA) is 15.3 Å². The Labute approximate surface area is 222 Å². The Morgan fingerprint density at radius 3 is 1.76 bits per heavy atom. The van der Waals surface area contributed by atoms with Crippen LogP contribution >= 0.6 is 0 Å². The average Bonchev–Trinajstić information content (AvgIpc) is 3.34. The number of para-hydroxylation sites is 1. The molecule has 4 aromatic carbocycles. The van der Waals surface area contributed by atoms with Crippen molar-refractivity contribution in [1.29, 1.82) is 0 Å². The number of hydrazine groups is 1. The fourth-order valence-corrected chi connectivity index (χ4v) is 5.70. The van der Waals surface area contributed by atoms with E-state index in [1.807, 2.05) is 0 Å². The third-order valence-electron chi connectivity index (χ3n) is 7.16. The van der Waals surface area contributed by atoms with Crippen LogP contribution in [0.25, 0.3) is 16.8 Å². The first-order valence-corrected chi connectivity index (χ1v) is 13.3. The molecule has 0 aliphatic carbocycles. The summed E-state index contributed by atoms with van der Waals surface area (Å²) in [6, 6.07) is 39.3. The van der Waals surface area contributed by atoms with E-state index in [2.05, 4.69) is 160 Å². The minimum atomic E-state index is 0.0945. The molecule has 1 N–H and O–H groups in total. The fraction of sp³-hybridized carbons (Fsp3) is 0.257. The van der Waals surface area contributed by atoms with Gasteiger partial charge in [-0.3, -0.25) is 5.01 Å². The van der Waals surface area contributed by atoms with E-state index in [0.717, 1.165) is 12.1 Å². The molecule has 0 aromatic heterocycles. The predicted octanol–water partition coefficient (Wildman–Crippen LogP) is 9.17. The predicted molar refractivity (Wildman–Crippen MR) is 158 cm³/mol. The third-order valence-corrected chi connectivity index (χ3v) is 7.16. The van der Waals surface area contributed by atoms with Crippen LogP contribution in [0.1, 0.15) is 63.8 Å². The van der Waals surface area contributed by atoms with E-state index >= 15 is 0 Å². The van der Waals surface area contributed by atoms with E-state index < -0.39 is 0 Å². The lowest BCUT2D eigenvalue weighted by Gasteiger charge is -2.33. The molecule has 2 heteroatoms. The highest BCUT2D eigenvalue weighted by molar-refractivity contribution is 5.81. The first kappa shape index (κ1) is 25.0. The lowest BCUT2D eigenvalue weighted by molar-refractivity contribution is 0.284. The van der Waals surface area contributed by atoms with Crippen LogP contribution in [0.15, 0.2) is 115 Å². The highest BCUT2D eigenvalue weighted by atomic mass is 15.5. The van der Waals surface area contributed by atoms with Crippen LogP contribution in [0.5, 0.6) is 0 Å². The van der Waals surface area contributed by atoms with Crippen LogP contribution in [0, 0.1) is 5.41 Å². The molecule has 1 aliphatic rings. The molecular weight excluding hydrogens is 448 g/mol. The Kier molecular flexibility index (Phi) is 6.79. The highest BCUT2D eigenvalue weighted by Crippen LogP contribution is 2.38. The number of hydrogen-bond donors (Lipinski definition) is 1. The minimum absolute atomic E-state index is 0.0945. The zero-order chi connectivity index (χ0) is 26.0. The maximum atomic E-state index is 3.75. The summed E-state index contributed by atoms with van der Waals surface area (Å²) in [5, 5.41) is 2.23. The Morgan fingerprint density at radius 2 is 1.16 bits per heavy atom. The van der Waals surface area contributed by atoms with E-state index in [0.29, 0.717) is 0 Å². The standard InChI is InChI=1S/C35H38N2/c1-34(2,3)25-35(4,5)30-22-20-29(21-23-30)33-24-32(36-37(33)31-14-10-7-11-15-31)28-18-16-27(17-19-28)26-12-8-6-9-13-26/h6-24,32,36H,25H2,1-5H3. The van der Waals surface area contributed by atoms with Gasteiger partial charge in [-0.05, 0) is 63.3 Å². The quantitative estimate of drug-likeness (QED) is 0.292. The summed E-state index contributed by atoms with van der Waals surface area (Å²) in [5.74, 6) is 0. The van der Waals surface area contributed by atoms with Crippen LogP contribution in [0.4, 0.5) is 5.69 Å². The second kappa shape index (κ2) is 10.0. The molecule has 0 fully saturated rings. The minimum Gasteiger partial charge on any atom is -0.276 e. The van der Waals surface area contributed by atoms with Crippen LogP contribution in [0.3, 0.4) is 0 Å². The smallest absolute Gasteiger partial charge is 0.0720 e. The Hall–Kier alpha value is -3.62. The van der Waals surface area contributed by atoms with Crippen molar-refractivity contribution in [1.82, 2.24) is 5.43 Å². The Bertz CT molecular complexity index is 1340. The monoisotopic (exact) mass is 486 g/mol. The van der Waals surface area contributed by atoms with Crippen LogP contribution in [-0.4, -0.2) is 0 Å². The normalized spacial score (nSPS) is 16.1. The number of anilines is 1. The first-order valence-electron chi connectivity index (χ1n) is 13.3. The van der Waals surface area contributed by atoms with Gasteiger partial charge in [-0.1, -0.05) is 132 Å². The van der Waals surface area contributed by atoms with E-state index in [9.17, 15) is 0 Å². The molecule has 2 nitrogen and oxygen atoms in total. The highest BCUT2D eigenvalue weighted by Gasteiger charge is 2.29. The molecule has 1 heterocycles. The van der Waals surface area contributed by atoms with E-state index in [-0.39, 0.29) is 16.9 Å². The van der Waals surface area contributed by atoms with Crippen molar-refractivity contribution in [2.45, 2.75) is 52.5 Å². The van der Waals surface area contributed by atoms with Gasteiger partial charge in [0.2, 0.25) is 0 Å². The van der Waals surface area contributed by atoms with Gasteiger partial charge in [-0.15, -0.1) is 0 Å². The summed E-state index contributed by atoms with van der Waals surface area (Å²) < 4.78 is 0. The van der Waals surface area contributed by atoms with Gasteiger partial charge in [0.15, 0.2) is 0 Å². The molecule has 0 saturated carbocycles. The van der Waals surface area contributed by atoms with Gasteiger partial charge in [-0.25, -0.2) is 5.43 Å². The van der Waals surface area contributed by atoms with Gasteiger partial charge in [0, 0.05) is 0 Å². The Morgan fingerprint density at radius 1 is 0.622 bits per heavy atom. The number of nitrogens with zero attached hydrogens (tertiary/aromatic N) is 1. The van der Waals surface area contributed by atoms with Crippen molar-refractivity contribution in [2.24, 2.45) is 5.41 Å². The molecule has 0 bridgehead atoms. The van der Waals surface area contributed by atoms with Gasteiger partial charge < -0.3 is 0 Å². The number of benzene rings is 4. The zero-order valence-electron chi connectivity index (χ0n) is 22.7. The van der Waals surface area contributed by atoms with Crippen molar-refractivity contribution in [3.05, 3.63) is 132 Å². The van der Waals surface area contributed by atoms with Crippen molar-refractivity contribution >= 4 is 11.4 Å². The summed E-state index contributed by atoms with van der Waals surface area (Å²) >= 11 is 0. The molecule has 1 unspecified atom stereocenters. The molecule has 5 rings (SSSR count). The van der Waals surface area contributed by atoms with Gasteiger partial charge in [0.25, 0.3) is 0 Å². The van der Waals surface area contributed by atoms with Gasteiger partial charge >= 0.3 is 0 Å². The van der Waals surface area contributed by atoms with Crippen LogP contribution < -0.4 is 10.4 Å². The largest absolute Gasteiger partial charge is 0.276 e.